The largest absolute Gasteiger partial charge is 0.398 e. The molecule has 0 bridgehead atoms. The van der Waals surface area contributed by atoms with Crippen LogP contribution in [-0.4, -0.2) is 14.5 Å². The molecule has 0 spiro atoms. The second-order valence-corrected chi connectivity index (χ2v) is 7.76. The quantitative estimate of drug-likeness (QED) is 0.821. The van der Waals surface area contributed by atoms with Gasteiger partial charge in [0.15, 0.2) is 0 Å². The minimum atomic E-state index is -3.49. The van der Waals surface area contributed by atoms with Crippen LogP contribution in [0.15, 0.2) is 23.1 Å². The Morgan fingerprint density at radius 3 is 2.52 bits per heavy atom. The molecule has 3 N–H and O–H groups in total. The molecule has 118 valence electrons. The van der Waals surface area contributed by atoms with Crippen molar-refractivity contribution in [3.63, 3.8) is 0 Å². The van der Waals surface area contributed by atoms with Gasteiger partial charge in [-0.1, -0.05) is 33.3 Å². The van der Waals surface area contributed by atoms with E-state index >= 15 is 0 Å². The molecule has 3 atom stereocenters. The molecule has 4 nitrogen and oxygen atoms in total. The summed E-state index contributed by atoms with van der Waals surface area (Å²) < 4.78 is 27.9. The van der Waals surface area contributed by atoms with Gasteiger partial charge in [0, 0.05) is 11.7 Å². The summed E-state index contributed by atoms with van der Waals surface area (Å²) in [4.78, 5) is 0.268. The first-order valence-corrected chi connectivity index (χ1v) is 9.28. The van der Waals surface area contributed by atoms with Crippen LogP contribution in [0.4, 0.5) is 5.69 Å². The Labute approximate surface area is 128 Å². The summed E-state index contributed by atoms with van der Waals surface area (Å²) in [5, 5.41) is 0. The van der Waals surface area contributed by atoms with Gasteiger partial charge < -0.3 is 5.73 Å². The SMILES string of the molecule is CCc1ccc(S(=O)(=O)NC2CCC(CC)C2C)cc1N. The van der Waals surface area contributed by atoms with Crippen molar-refractivity contribution in [3.8, 4) is 0 Å². The van der Waals surface area contributed by atoms with Crippen LogP contribution >= 0.6 is 0 Å². The predicted octanol–water partition coefficient (Wildman–Crippen LogP) is 2.93. The van der Waals surface area contributed by atoms with Gasteiger partial charge in [-0.25, -0.2) is 13.1 Å². The molecule has 1 aromatic carbocycles. The van der Waals surface area contributed by atoms with Gasteiger partial charge in [0.05, 0.1) is 4.90 Å². The lowest BCUT2D eigenvalue weighted by Crippen LogP contribution is -2.37. The van der Waals surface area contributed by atoms with Gasteiger partial charge in [0.2, 0.25) is 10.0 Å². The molecule has 0 aliphatic heterocycles. The molecule has 3 unspecified atom stereocenters. The third-order valence-electron chi connectivity index (χ3n) is 4.87. The van der Waals surface area contributed by atoms with Crippen LogP contribution in [-0.2, 0) is 16.4 Å². The van der Waals surface area contributed by atoms with Crippen LogP contribution in [0.5, 0.6) is 0 Å². The van der Waals surface area contributed by atoms with E-state index in [9.17, 15) is 8.42 Å². The first-order chi connectivity index (χ1) is 9.89. The standard InChI is InChI=1S/C16H26N2O2S/c1-4-12-7-9-16(11(12)3)18-21(19,20)14-8-6-13(5-2)15(17)10-14/h6,8,10-12,16,18H,4-5,7,9,17H2,1-3H3. The fourth-order valence-electron chi connectivity index (χ4n) is 3.32. The molecule has 0 radical (unpaired) electrons. The van der Waals surface area contributed by atoms with Gasteiger partial charge in [-0.2, -0.15) is 0 Å². The molecule has 0 aromatic heterocycles. The topological polar surface area (TPSA) is 72.2 Å². The maximum Gasteiger partial charge on any atom is 0.240 e. The van der Waals surface area contributed by atoms with E-state index in [0.717, 1.165) is 31.2 Å². The van der Waals surface area contributed by atoms with Crippen molar-refractivity contribution >= 4 is 15.7 Å². The minimum Gasteiger partial charge on any atom is -0.398 e. The van der Waals surface area contributed by atoms with Gasteiger partial charge in [-0.3, -0.25) is 0 Å². The van der Waals surface area contributed by atoms with Gasteiger partial charge in [0.25, 0.3) is 0 Å². The average Bonchev–Trinajstić information content (AvgIpc) is 2.79. The normalized spacial score (nSPS) is 26.1. The van der Waals surface area contributed by atoms with E-state index in [1.807, 2.05) is 6.92 Å². The number of nitrogens with two attached hydrogens (primary N) is 1. The number of hydrogen-bond donors (Lipinski definition) is 2. The highest BCUT2D eigenvalue weighted by molar-refractivity contribution is 7.89. The number of benzene rings is 1. The maximum atomic E-state index is 12.5. The van der Waals surface area contributed by atoms with Crippen LogP contribution in [0.2, 0.25) is 0 Å². The van der Waals surface area contributed by atoms with E-state index in [4.69, 9.17) is 5.73 Å². The summed E-state index contributed by atoms with van der Waals surface area (Å²) in [7, 11) is -3.49. The number of rotatable bonds is 5. The third kappa shape index (κ3) is 3.40. The van der Waals surface area contributed by atoms with Gasteiger partial charge in [-0.05, 0) is 48.8 Å². The molecule has 0 heterocycles. The number of anilines is 1. The van der Waals surface area contributed by atoms with Crippen molar-refractivity contribution < 1.29 is 8.42 Å². The van der Waals surface area contributed by atoms with E-state index in [0.29, 0.717) is 17.5 Å². The minimum absolute atomic E-state index is 0.0343. The second-order valence-electron chi connectivity index (χ2n) is 6.05. The third-order valence-corrected chi connectivity index (χ3v) is 6.35. The molecule has 1 aromatic rings. The molecular weight excluding hydrogens is 284 g/mol. The van der Waals surface area contributed by atoms with Gasteiger partial charge in [-0.15, -0.1) is 0 Å². The Kier molecular flexibility index (Phi) is 4.94. The molecule has 1 fully saturated rings. The fraction of sp³-hybridized carbons (Fsp3) is 0.625. The number of hydrogen-bond acceptors (Lipinski definition) is 3. The summed E-state index contributed by atoms with van der Waals surface area (Å²) >= 11 is 0. The smallest absolute Gasteiger partial charge is 0.240 e. The van der Waals surface area contributed by atoms with Gasteiger partial charge in [0.1, 0.15) is 0 Å². The molecule has 2 rings (SSSR count). The highest BCUT2D eigenvalue weighted by atomic mass is 32.2. The summed E-state index contributed by atoms with van der Waals surface area (Å²) in [6.45, 7) is 6.31. The first kappa shape index (κ1) is 16.3. The van der Waals surface area contributed by atoms with E-state index in [2.05, 4.69) is 18.6 Å². The van der Waals surface area contributed by atoms with Crippen LogP contribution < -0.4 is 10.5 Å². The number of aryl methyl sites for hydroxylation is 1. The van der Waals surface area contributed by atoms with E-state index < -0.39 is 10.0 Å². The Morgan fingerprint density at radius 1 is 1.29 bits per heavy atom. The molecule has 0 amide bonds. The molecule has 1 aliphatic rings. The Hall–Kier alpha value is -1.07. The maximum absolute atomic E-state index is 12.5. The highest BCUT2D eigenvalue weighted by Crippen LogP contribution is 2.34. The molecule has 21 heavy (non-hydrogen) atoms. The van der Waals surface area contributed by atoms with Crippen LogP contribution in [0, 0.1) is 11.8 Å². The molecule has 0 saturated heterocycles. The summed E-state index contributed by atoms with van der Waals surface area (Å²) in [6.07, 6.45) is 3.93. The average molecular weight is 310 g/mol. The zero-order valence-electron chi connectivity index (χ0n) is 13.1. The van der Waals surface area contributed by atoms with E-state index in [1.165, 1.54) is 0 Å². The van der Waals surface area contributed by atoms with E-state index in [-0.39, 0.29) is 10.9 Å². The monoisotopic (exact) mass is 310 g/mol. The van der Waals surface area contributed by atoms with Crippen LogP contribution in [0.1, 0.15) is 45.6 Å². The number of sulfonamides is 1. The van der Waals surface area contributed by atoms with Crippen LogP contribution in [0.25, 0.3) is 0 Å². The molecule has 5 heteroatoms. The van der Waals surface area contributed by atoms with Crippen molar-refractivity contribution in [2.24, 2.45) is 11.8 Å². The highest BCUT2D eigenvalue weighted by Gasteiger charge is 2.34. The predicted molar refractivity (Wildman–Crippen MR) is 86.5 cm³/mol. The summed E-state index contributed by atoms with van der Waals surface area (Å²) in [5.74, 6) is 1.00. The van der Waals surface area contributed by atoms with Crippen LogP contribution in [0.3, 0.4) is 0 Å². The lowest BCUT2D eigenvalue weighted by Gasteiger charge is -2.21. The number of nitrogens with one attached hydrogen (secondary N) is 1. The lowest BCUT2D eigenvalue weighted by atomic mass is 9.94. The summed E-state index contributed by atoms with van der Waals surface area (Å²) in [6, 6.07) is 5.05. The molecule has 1 saturated carbocycles. The fourth-order valence-corrected chi connectivity index (χ4v) is 4.72. The Balaban J connectivity index is 2.17. The number of nitrogen functional groups attached to an aromatic ring is 1. The van der Waals surface area contributed by atoms with Gasteiger partial charge >= 0.3 is 0 Å². The van der Waals surface area contributed by atoms with Crippen molar-refractivity contribution in [1.29, 1.82) is 0 Å². The zero-order valence-corrected chi connectivity index (χ0v) is 13.9. The van der Waals surface area contributed by atoms with Crippen molar-refractivity contribution in [2.75, 3.05) is 5.73 Å². The zero-order chi connectivity index (χ0) is 15.6. The lowest BCUT2D eigenvalue weighted by molar-refractivity contribution is 0.368. The van der Waals surface area contributed by atoms with E-state index in [1.54, 1.807) is 18.2 Å². The first-order valence-electron chi connectivity index (χ1n) is 7.79. The van der Waals surface area contributed by atoms with Crippen molar-refractivity contribution in [1.82, 2.24) is 4.72 Å². The molecule has 1 aliphatic carbocycles. The summed E-state index contributed by atoms with van der Waals surface area (Å²) in [5.41, 5.74) is 7.44. The van der Waals surface area contributed by atoms with Crippen molar-refractivity contribution in [2.45, 2.75) is 57.4 Å². The Morgan fingerprint density at radius 2 is 2.00 bits per heavy atom. The molecular formula is C16H26N2O2S. The van der Waals surface area contributed by atoms with Crippen molar-refractivity contribution in [3.05, 3.63) is 23.8 Å². The second kappa shape index (κ2) is 6.36. The Bertz CT molecular complexity index is 598.